The van der Waals surface area contributed by atoms with Gasteiger partial charge >= 0.3 is 0 Å². The molecule has 1 nitrogen and oxygen atoms in total. The molecule has 0 unspecified atom stereocenters. The van der Waals surface area contributed by atoms with Crippen molar-refractivity contribution in [3.05, 3.63) is 199 Å². The van der Waals surface area contributed by atoms with E-state index in [1.165, 1.54) is 91.9 Å². The van der Waals surface area contributed by atoms with Crippen LogP contribution in [0.5, 0.6) is 0 Å². The molecule has 55 heavy (non-hydrogen) atoms. The Morgan fingerprint density at radius 2 is 1.05 bits per heavy atom. The van der Waals surface area contributed by atoms with Crippen LogP contribution in [0.3, 0.4) is 0 Å². The van der Waals surface area contributed by atoms with Crippen LogP contribution in [0.1, 0.15) is 25.0 Å². The second-order valence-electron chi connectivity index (χ2n) is 15.4. The summed E-state index contributed by atoms with van der Waals surface area (Å²) in [6, 6.07) is 69.7. The van der Waals surface area contributed by atoms with Crippen molar-refractivity contribution in [1.82, 2.24) is 0 Å². The average molecular weight is 720 g/mol. The van der Waals surface area contributed by atoms with Crippen molar-refractivity contribution < 1.29 is 0 Å². The van der Waals surface area contributed by atoms with Gasteiger partial charge in [0, 0.05) is 42.5 Å². The van der Waals surface area contributed by atoms with E-state index in [2.05, 4.69) is 207 Å². The summed E-state index contributed by atoms with van der Waals surface area (Å²) < 4.78 is 2.68. The molecule has 0 bridgehead atoms. The van der Waals surface area contributed by atoms with Gasteiger partial charge in [-0.2, -0.15) is 0 Å². The molecule has 0 saturated heterocycles. The Balaban J connectivity index is 1.05. The van der Waals surface area contributed by atoms with E-state index in [0.717, 1.165) is 11.4 Å². The van der Waals surface area contributed by atoms with Crippen LogP contribution < -0.4 is 4.90 Å². The maximum absolute atomic E-state index is 2.46. The van der Waals surface area contributed by atoms with Crippen LogP contribution in [0.2, 0.25) is 0 Å². The third-order valence-electron chi connectivity index (χ3n) is 11.8. The van der Waals surface area contributed by atoms with Crippen LogP contribution in [0.4, 0.5) is 17.1 Å². The third kappa shape index (κ3) is 5.13. The number of fused-ring (bicyclic) bond motifs is 8. The summed E-state index contributed by atoms with van der Waals surface area (Å²) in [6.45, 7) is 4.71. The molecule has 1 aromatic heterocycles. The highest BCUT2D eigenvalue weighted by molar-refractivity contribution is 7.25. The van der Waals surface area contributed by atoms with Crippen molar-refractivity contribution >= 4 is 70.1 Å². The number of rotatable bonds is 5. The fourth-order valence-corrected chi connectivity index (χ4v) is 10.1. The minimum Gasteiger partial charge on any atom is -0.310 e. The zero-order valence-corrected chi connectivity index (χ0v) is 31.6. The summed E-state index contributed by atoms with van der Waals surface area (Å²) in [5.74, 6) is 0. The molecule has 2 heteroatoms. The van der Waals surface area contributed by atoms with Crippen molar-refractivity contribution in [2.75, 3.05) is 4.90 Å². The molecule has 1 aliphatic rings. The zero-order valence-electron chi connectivity index (χ0n) is 30.8. The van der Waals surface area contributed by atoms with Gasteiger partial charge in [0.05, 0.1) is 5.69 Å². The highest BCUT2D eigenvalue weighted by atomic mass is 32.1. The minimum atomic E-state index is -0.0953. The Morgan fingerprint density at radius 3 is 1.95 bits per heavy atom. The van der Waals surface area contributed by atoms with E-state index in [4.69, 9.17) is 0 Å². The first kappa shape index (κ1) is 32.0. The van der Waals surface area contributed by atoms with Crippen LogP contribution in [0.25, 0.3) is 75.1 Å². The van der Waals surface area contributed by atoms with Crippen LogP contribution in [-0.4, -0.2) is 0 Å². The maximum atomic E-state index is 2.46. The number of benzene rings is 9. The maximum Gasteiger partial charge on any atom is 0.0543 e. The van der Waals surface area contributed by atoms with Gasteiger partial charge in [0.25, 0.3) is 0 Å². The summed E-state index contributed by atoms with van der Waals surface area (Å²) >= 11 is 1.88. The Morgan fingerprint density at radius 1 is 0.400 bits per heavy atom. The molecule has 0 spiro atoms. The SMILES string of the molecule is CC1(C)c2ccccc2-c2c(N(c3ccc(-c4ccc5cc6c(cc5c4)sc4ccccc46)cc3)c3cccc(-c4ccc5ccccc5c4)c3)cccc21. The van der Waals surface area contributed by atoms with E-state index >= 15 is 0 Å². The summed E-state index contributed by atoms with van der Waals surface area (Å²) in [5, 5.41) is 7.73. The summed E-state index contributed by atoms with van der Waals surface area (Å²) in [6.07, 6.45) is 0. The third-order valence-corrected chi connectivity index (χ3v) is 12.9. The smallest absolute Gasteiger partial charge is 0.0543 e. The Bertz CT molecular complexity index is 3130. The quantitative estimate of drug-likeness (QED) is 0.171. The molecule has 0 atom stereocenters. The number of hydrogen-bond donors (Lipinski definition) is 0. The largest absolute Gasteiger partial charge is 0.310 e. The molecular formula is C53H37NS. The Kier molecular flexibility index (Phi) is 7.14. The van der Waals surface area contributed by atoms with Crippen molar-refractivity contribution in [3.63, 3.8) is 0 Å². The second-order valence-corrected chi connectivity index (χ2v) is 16.5. The normalized spacial score (nSPS) is 13.1. The first-order chi connectivity index (χ1) is 27.0. The number of nitrogens with zero attached hydrogens (tertiary/aromatic N) is 1. The van der Waals surface area contributed by atoms with E-state index in [0.29, 0.717) is 0 Å². The van der Waals surface area contributed by atoms with E-state index in [-0.39, 0.29) is 5.41 Å². The lowest BCUT2D eigenvalue weighted by Crippen LogP contribution is -2.16. The molecule has 1 aliphatic carbocycles. The van der Waals surface area contributed by atoms with Gasteiger partial charge < -0.3 is 4.90 Å². The first-order valence-electron chi connectivity index (χ1n) is 19.1. The van der Waals surface area contributed by atoms with E-state index in [1.54, 1.807) is 0 Å². The molecule has 0 fully saturated rings. The molecule has 11 rings (SSSR count). The average Bonchev–Trinajstić information content (AvgIpc) is 3.71. The fraction of sp³-hybridized carbons (Fsp3) is 0.0566. The number of thiophene rings is 1. The van der Waals surface area contributed by atoms with Gasteiger partial charge in [-0.25, -0.2) is 0 Å². The summed E-state index contributed by atoms with van der Waals surface area (Å²) in [5.41, 5.74) is 13.6. The Labute approximate surface area is 325 Å². The second kappa shape index (κ2) is 12.3. The Hall–Kier alpha value is -6.48. The minimum absolute atomic E-state index is 0.0953. The van der Waals surface area contributed by atoms with Crippen molar-refractivity contribution in [1.29, 1.82) is 0 Å². The van der Waals surface area contributed by atoms with E-state index in [1.807, 2.05) is 11.3 Å². The molecule has 0 amide bonds. The standard InChI is InChI=1S/C53H37NS/c1-53(2)47-17-7-5-16-45(47)52-48(53)18-10-19-49(52)54(43-14-9-13-37(31-43)39-22-21-34-11-3-4-12-36(34)29-39)42-27-25-35(26-28-42)38-23-24-40-32-46-44-15-6-8-20-50(44)55-51(46)33-41(40)30-38/h3-33H,1-2H3. The molecular weight excluding hydrogens is 683 g/mol. The molecule has 0 saturated carbocycles. The topological polar surface area (TPSA) is 3.24 Å². The molecule has 9 aromatic carbocycles. The first-order valence-corrected chi connectivity index (χ1v) is 19.9. The van der Waals surface area contributed by atoms with Crippen molar-refractivity contribution in [2.24, 2.45) is 0 Å². The lowest BCUT2D eigenvalue weighted by atomic mass is 9.82. The summed E-state index contributed by atoms with van der Waals surface area (Å²) in [7, 11) is 0. The van der Waals surface area contributed by atoms with Gasteiger partial charge in [-0.15, -0.1) is 11.3 Å². The van der Waals surface area contributed by atoms with Gasteiger partial charge in [0.15, 0.2) is 0 Å². The number of hydrogen-bond acceptors (Lipinski definition) is 2. The van der Waals surface area contributed by atoms with Gasteiger partial charge in [-0.3, -0.25) is 0 Å². The zero-order chi connectivity index (χ0) is 36.7. The van der Waals surface area contributed by atoms with Crippen molar-refractivity contribution in [3.8, 4) is 33.4 Å². The number of anilines is 3. The molecule has 10 aromatic rings. The molecule has 0 radical (unpaired) electrons. The van der Waals surface area contributed by atoms with Crippen LogP contribution in [0.15, 0.2) is 188 Å². The lowest BCUT2D eigenvalue weighted by molar-refractivity contribution is 0.660. The molecule has 0 N–H and O–H groups in total. The van der Waals surface area contributed by atoms with Crippen LogP contribution in [-0.2, 0) is 5.41 Å². The van der Waals surface area contributed by atoms with Crippen LogP contribution >= 0.6 is 11.3 Å². The van der Waals surface area contributed by atoms with Gasteiger partial charge in [-0.1, -0.05) is 141 Å². The predicted molar refractivity (Wildman–Crippen MR) is 237 cm³/mol. The lowest BCUT2D eigenvalue weighted by Gasteiger charge is -2.29. The van der Waals surface area contributed by atoms with Crippen molar-refractivity contribution in [2.45, 2.75) is 19.3 Å². The highest BCUT2D eigenvalue weighted by Gasteiger charge is 2.37. The fourth-order valence-electron chi connectivity index (χ4n) is 8.99. The van der Waals surface area contributed by atoms with Crippen LogP contribution in [0, 0.1) is 0 Å². The molecule has 1 heterocycles. The predicted octanol–water partition coefficient (Wildman–Crippen LogP) is 15.5. The van der Waals surface area contributed by atoms with E-state index in [9.17, 15) is 0 Å². The molecule has 260 valence electrons. The monoisotopic (exact) mass is 719 g/mol. The molecule has 0 aliphatic heterocycles. The summed E-state index contributed by atoms with van der Waals surface area (Å²) in [4.78, 5) is 2.46. The van der Waals surface area contributed by atoms with E-state index < -0.39 is 0 Å². The van der Waals surface area contributed by atoms with Gasteiger partial charge in [-0.05, 0) is 121 Å². The van der Waals surface area contributed by atoms with Gasteiger partial charge in [0.2, 0.25) is 0 Å². The highest BCUT2D eigenvalue weighted by Crippen LogP contribution is 2.54. The van der Waals surface area contributed by atoms with Gasteiger partial charge in [0.1, 0.15) is 0 Å².